The highest BCUT2D eigenvalue weighted by molar-refractivity contribution is 6.30. The molecule has 0 spiro atoms. The lowest BCUT2D eigenvalue weighted by atomic mass is 10.2. The van der Waals surface area contributed by atoms with Gasteiger partial charge in [0, 0.05) is 10.7 Å². The molecule has 0 saturated carbocycles. The zero-order valence-corrected chi connectivity index (χ0v) is 12.8. The first kappa shape index (κ1) is 17.1. The zero-order chi connectivity index (χ0) is 17.0. The summed E-state index contributed by atoms with van der Waals surface area (Å²) in [6.45, 7) is 1.50. The summed E-state index contributed by atoms with van der Waals surface area (Å²) in [5, 5.41) is 2.92. The van der Waals surface area contributed by atoms with Gasteiger partial charge in [0.25, 0.3) is 5.91 Å². The number of alkyl halides is 3. The predicted molar refractivity (Wildman–Crippen MR) is 81.6 cm³/mol. The van der Waals surface area contributed by atoms with Crippen molar-refractivity contribution >= 4 is 23.2 Å². The highest BCUT2D eigenvalue weighted by atomic mass is 35.5. The number of anilines is 1. The molecule has 7 heteroatoms. The molecule has 3 nitrogen and oxygen atoms in total. The maximum Gasteiger partial charge on any atom is 0.416 e. The van der Waals surface area contributed by atoms with Gasteiger partial charge in [-0.2, -0.15) is 13.2 Å². The van der Waals surface area contributed by atoms with Gasteiger partial charge in [0.2, 0.25) is 0 Å². The molecule has 1 amide bonds. The Morgan fingerprint density at radius 1 is 1.17 bits per heavy atom. The van der Waals surface area contributed by atoms with Crippen molar-refractivity contribution in [1.82, 2.24) is 0 Å². The lowest BCUT2D eigenvalue weighted by Gasteiger charge is -2.15. The fourth-order valence-electron chi connectivity index (χ4n) is 1.79. The van der Waals surface area contributed by atoms with E-state index in [9.17, 15) is 18.0 Å². The molecule has 2 rings (SSSR count). The third kappa shape index (κ3) is 4.89. The van der Waals surface area contributed by atoms with Crippen molar-refractivity contribution < 1.29 is 22.7 Å². The average molecular weight is 344 g/mol. The van der Waals surface area contributed by atoms with Crippen LogP contribution in [0.2, 0.25) is 5.02 Å². The smallest absolute Gasteiger partial charge is 0.416 e. The minimum Gasteiger partial charge on any atom is -0.481 e. The van der Waals surface area contributed by atoms with E-state index in [0.717, 1.165) is 12.1 Å². The Bertz CT molecular complexity index is 686. The summed E-state index contributed by atoms with van der Waals surface area (Å²) < 4.78 is 43.3. The van der Waals surface area contributed by atoms with Crippen LogP contribution in [-0.2, 0) is 11.0 Å². The quantitative estimate of drug-likeness (QED) is 0.868. The van der Waals surface area contributed by atoms with E-state index in [1.165, 1.54) is 19.1 Å². The van der Waals surface area contributed by atoms with Crippen LogP contribution >= 0.6 is 11.6 Å². The Morgan fingerprint density at radius 2 is 1.83 bits per heavy atom. The number of carbonyl (C=O) groups is 1. The molecular formula is C16H13ClF3NO2. The van der Waals surface area contributed by atoms with Gasteiger partial charge >= 0.3 is 6.18 Å². The molecule has 1 atom stereocenters. The molecular weight excluding hydrogens is 331 g/mol. The number of halogens is 4. The van der Waals surface area contributed by atoms with Crippen molar-refractivity contribution in [2.45, 2.75) is 19.2 Å². The van der Waals surface area contributed by atoms with E-state index in [-0.39, 0.29) is 5.69 Å². The van der Waals surface area contributed by atoms with E-state index in [1.54, 1.807) is 24.3 Å². The summed E-state index contributed by atoms with van der Waals surface area (Å²) >= 11 is 5.74. The van der Waals surface area contributed by atoms with Crippen LogP contribution < -0.4 is 10.1 Å². The predicted octanol–water partition coefficient (Wildman–Crippen LogP) is 4.76. The van der Waals surface area contributed by atoms with Gasteiger partial charge < -0.3 is 10.1 Å². The molecule has 0 aliphatic carbocycles. The van der Waals surface area contributed by atoms with Gasteiger partial charge in [-0.1, -0.05) is 17.7 Å². The summed E-state index contributed by atoms with van der Waals surface area (Å²) in [5.74, 6) is -0.125. The number of carbonyl (C=O) groups excluding carboxylic acids is 1. The molecule has 0 aliphatic rings. The van der Waals surface area contributed by atoms with Crippen LogP contribution in [0.25, 0.3) is 0 Å². The second-order valence-corrected chi connectivity index (χ2v) is 5.22. The van der Waals surface area contributed by atoms with Crippen LogP contribution in [-0.4, -0.2) is 12.0 Å². The van der Waals surface area contributed by atoms with E-state index in [2.05, 4.69) is 5.32 Å². The van der Waals surface area contributed by atoms with E-state index >= 15 is 0 Å². The van der Waals surface area contributed by atoms with Crippen molar-refractivity contribution in [2.75, 3.05) is 5.32 Å². The average Bonchev–Trinajstić information content (AvgIpc) is 2.49. The molecule has 0 radical (unpaired) electrons. The number of hydrogen-bond donors (Lipinski definition) is 1. The molecule has 1 N–H and O–H groups in total. The molecule has 122 valence electrons. The third-order valence-electron chi connectivity index (χ3n) is 2.95. The third-order valence-corrected chi connectivity index (χ3v) is 3.21. The fourth-order valence-corrected chi connectivity index (χ4v) is 1.91. The van der Waals surface area contributed by atoms with E-state index in [4.69, 9.17) is 16.3 Å². The molecule has 0 unspecified atom stereocenters. The Morgan fingerprint density at radius 3 is 2.43 bits per heavy atom. The zero-order valence-electron chi connectivity index (χ0n) is 12.0. The van der Waals surface area contributed by atoms with E-state index in [1.807, 2.05) is 0 Å². The maximum absolute atomic E-state index is 12.6. The largest absolute Gasteiger partial charge is 0.481 e. The maximum atomic E-state index is 12.6. The van der Waals surface area contributed by atoms with Gasteiger partial charge in [0.1, 0.15) is 5.75 Å². The van der Waals surface area contributed by atoms with Crippen molar-refractivity contribution in [3.05, 3.63) is 59.1 Å². The van der Waals surface area contributed by atoms with Gasteiger partial charge in [-0.25, -0.2) is 0 Å². The number of hydrogen-bond acceptors (Lipinski definition) is 2. The molecule has 0 saturated heterocycles. The van der Waals surface area contributed by atoms with E-state index < -0.39 is 23.8 Å². The molecule has 0 bridgehead atoms. The number of nitrogens with one attached hydrogen (secondary N) is 1. The minimum absolute atomic E-state index is 0.0522. The number of rotatable bonds is 4. The fraction of sp³-hybridized carbons (Fsp3) is 0.188. The van der Waals surface area contributed by atoms with Crippen molar-refractivity contribution in [3.8, 4) is 5.75 Å². The van der Waals surface area contributed by atoms with Crippen LogP contribution in [0, 0.1) is 0 Å². The number of amides is 1. The second kappa shape index (κ2) is 6.91. The summed E-state index contributed by atoms with van der Waals surface area (Å²) in [7, 11) is 0. The molecule has 23 heavy (non-hydrogen) atoms. The normalized spacial score (nSPS) is 12.6. The Labute approximate surface area is 136 Å². The van der Waals surface area contributed by atoms with E-state index in [0.29, 0.717) is 10.8 Å². The molecule has 2 aromatic rings. The first-order chi connectivity index (χ1) is 10.8. The van der Waals surface area contributed by atoms with Crippen LogP contribution in [0.5, 0.6) is 5.75 Å². The molecule has 0 aromatic heterocycles. The summed E-state index contributed by atoms with van der Waals surface area (Å²) in [6.07, 6.45) is -5.35. The Hall–Kier alpha value is -2.21. The summed E-state index contributed by atoms with van der Waals surface area (Å²) in [6, 6.07) is 10.8. The summed E-state index contributed by atoms with van der Waals surface area (Å²) in [5.41, 5.74) is -0.780. The molecule has 0 heterocycles. The first-order valence-corrected chi connectivity index (χ1v) is 7.04. The van der Waals surface area contributed by atoms with Gasteiger partial charge in [-0.3, -0.25) is 4.79 Å². The lowest BCUT2D eigenvalue weighted by Crippen LogP contribution is -2.30. The summed E-state index contributed by atoms with van der Waals surface area (Å²) in [4.78, 5) is 12.0. The topological polar surface area (TPSA) is 38.3 Å². The van der Waals surface area contributed by atoms with Crippen LogP contribution in [0.15, 0.2) is 48.5 Å². The number of benzene rings is 2. The molecule has 0 aliphatic heterocycles. The SMILES string of the molecule is C[C@H](Oc1ccc(Cl)cc1)C(=O)Nc1cccc(C(F)(F)F)c1. The Balaban J connectivity index is 2.02. The van der Waals surface area contributed by atoms with Gasteiger partial charge in [-0.05, 0) is 49.4 Å². The van der Waals surface area contributed by atoms with Crippen LogP contribution in [0.1, 0.15) is 12.5 Å². The van der Waals surface area contributed by atoms with Crippen LogP contribution in [0.3, 0.4) is 0 Å². The molecule has 2 aromatic carbocycles. The standard InChI is InChI=1S/C16H13ClF3NO2/c1-10(23-14-7-5-12(17)6-8-14)15(22)21-13-4-2-3-11(9-13)16(18,19)20/h2-10H,1H3,(H,21,22)/t10-/m0/s1. The van der Waals surface area contributed by atoms with Crippen LogP contribution in [0.4, 0.5) is 18.9 Å². The highest BCUT2D eigenvalue weighted by Gasteiger charge is 2.30. The minimum atomic E-state index is -4.47. The second-order valence-electron chi connectivity index (χ2n) is 4.78. The van der Waals surface area contributed by atoms with Crippen molar-refractivity contribution in [3.63, 3.8) is 0 Å². The van der Waals surface area contributed by atoms with Gasteiger partial charge in [0.15, 0.2) is 6.10 Å². The first-order valence-electron chi connectivity index (χ1n) is 6.66. The highest BCUT2D eigenvalue weighted by Crippen LogP contribution is 2.30. The Kier molecular flexibility index (Phi) is 5.15. The monoisotopic (exact) mass is 343 g/mol. The molecule has 0 fully saturated rings. The lowest BCUT2D eigenvalue weighted by molar-refractivity contribution is -0.137. The van der Waals surface area contributed by atoms with Gasteiger partial charge in [0.05, 0.1) is 5.56 Å². The van der Waals surface area contributed by atoms with Gasteiger partial charge in [-0.15, -0.1) is 0 Å². The van der Waals surface area contributed by atoms with Crippen molar-refractivity contribution in [2.24, 2.45) is 0 Å². The van der Waals surface area contributed by atoms with Crippen molar-refractivity contribution in [1.29, 1.82) is 0 Å². The number of ether oxygens (including phenoxy) is 1.